The van der Waals surface area contributed by atoms with E-state index in [4.69, 9.17) is 0 Å². The Balaban J connectivity index is 1.80. The quantitative estimate of drug-likeness (QED) is 0.858. The van der Waals surface area contributed by atoms with Crippen molar-refractivity contribution < 1.29 is 8.42 Å². The van der Waals surface area contributed by atoms with Crippen LogP contribution in [0.25, 0.3) is 0 Å². The number of nitrogens with zero attached hydrogens (tertiary/aromatic N) is 1. The van der Waals surface area contributed by atoms with Crippen LogP contribution in [0, 0.1) is 19.8 Å². The van der Waals surface area contributed by atoms with Gasteiger partial charge >= 0.3 is 0 Å². The van der Waals surface area contributed by atoms with E-state index in [1.54, 1.807) is 0 Å². The Labute approximate surface area is 121 Å². The van der Waals surface area contributed by atoms with E-state index in [9.17, 15) is 8.42 Å². The molecule has 0 spiro atoms. The van der Waals surface area contributed by atoms with Crippen molar-refractivity contribution >= 4 is 9.84 Å². The van der Waals surface area contributed by atoms with E-state index >= 15 is 0 Å². The average Bonchev–Trinajstić information content (AvgIpc) is 3.21. The molecule has 3 nitrogen and oxygen atoms in total. The summed E-state index contributed by atoms with van der Waals surface area (Å²) in [7, 11) is -2.82. The molecule has 0 N–H and O–H groups in total. The first kappa shape index (κ1) is 14.1. The fourth-order valence-electron chi connectivity index (χ4n) is 3.18. The molecule has 1 aliphatic heterocycles. The van der Waals surface area contributed by atoms with E-state index in [0.29, 0.717) is 24.0 Å². The molecule has 2 fully saturated rings. The SMILES string of the molecule is Cc1cccc(CN2CCS(=O)(=O)CC2C2CC2)c1C. The van der Waals surface area contributed by atoms with Crippen LogP contribution in [-0.4, -0.2) is 37.4 Å². The lowest BCUT2D eigenvalue weighted by Gasteiger charge is -2.36. The number of hydrogen-bond acceptors (Lipinski definition) is 3. The molecule has 0 aromatic heterocycles. The second kappa shape index (κ2) is 5.15. The van der Waals surface area contributed by atoms with Crippen molar-refractivity contribution in [2.45, 2.75) is 39.3 Å². The van der Waals surface area contributed by atoms with Crippen molar-refractivity contribution in [1.82, 2.24) is 4.90 Å². The van der Waals surface area contributed by atoms with Gasteiger partial charge in [-0.05, 0) is 49.3 Å². The maximum absolute atomic E-state index is 11.9. The van der Waals surface area contributed by atoms with Crippen LogP contribution in [0.3, 0.4) is 0 Å². The molecule has 1 unspecified atom stereocenters. The third-order valence-corrected chi connectivity index (χ3v) is 6.49. The van der Waals surface area contributed by atoms with Gasteiger partial charge in [-0.1, -0.05) is 18.2 Å². The van der Waals surface area contributed by atoms with Gasteiger partial charge in [0.25, 0.3) is 0 Å². The van der Waals surface area contributed by atoms with E-state index in [2.05, 4.69) is 36.9 Å². The first-order chi connectivity index (χ1) is 9.46. The van der Waals surface area contributed by atoms with Crippen molar-refractivity contribution in [1.29, 1.82) is 0 Å². The summed E-state index contributed by atoms with van der Waals surface area (Å²) >= 11 is 0. The maximum atomic E-state index is 11.9. The zero-order chi connectivity index (χ0) is 14.3. The van der Waals surface area contributed by atoms with Crippen LogP contribution in [-0.2, 0) is 16.4 Å². The molecule has 0 radical (unpaired) electrons. The predicted molar refractivity (Wildman–Crippen MR) is 81.5 cm³/mol. The molecule has 1 saturated heterocycles. The molecule has 1 atom stereocenters. The highest BCUT2D eigenvalue weighted by Crippen LogP contribution is 2.38. The molecule has 1 aliphatic carbocycles. The molecule has 1 saturated carbocycles. The van der Waals surface area contributed by atoms with Crippen LogP contribution in [0.2, 0.25) is 0 Å². The zero-order valence-corrected chi connectivity index (χ0v) is 13.1. The fourth-order valence-corrected chi connectivity index (χ4v) is 4.87. The lowest BCUT2D eigenvalue weighted by Crippen LogP contribution is -2.49. The smallest absolute Gasteiger partial charge is 0.153 e. The van der Waals surface area contributed by atoms with Gasteiger partial charge in [0.15, 0.2) is 9.84 Å². The molecule has 3 rings (SSSR count). The topological polar surface area (TPSA) is 37.4 Å². The molecule has 2 aliphatic rings. The Bertz CT molecular complexity index is 605. The standard InChI is InChI=1S/C16H23NO2S/c1-12-4-3-5-15(13(12)2)10-17-8-9-20(18,19)11-16(17)14-6-7-14/h3-5,14,16H,6-11H2,1-2H3. The Morgan fingerprint density at radius 1 is 1.25 bits per heavy atom. The highest BCUT2D eigenvalue weighted by molar-refractivity contribution is 7.91. The van der Waals surface area contributed by atoms with Crippen LogP contribution in [0.5, 0.6) is 0 Å². The monoisotopic (exact) mass is 293 g/mol. The summed E-state index contributed by atoms with van der Waals surface area (Å²) < 4.78 is 23.8. The average molecular weight is 293 g/mol. The van der Waals surface area contributed by atoms with Crippen molar-refractivity contribution in [3.63, 3.8) is 0 Å². The Kier molecular flexibility index (Phi) is 3.63. The van der Waals surface area contributed by atoms with Gasteiger partial charge in [0.2, 0.25) is 0 Å². The largest absolute Gasteiger partial charge is 0.294 e. The molecular formula is C16H23NO2S. The second-order valence-electron chi connectivity index (χ2n) is 6.35. The molecular weight excluding hydrogens is 270 g/mol. The highest BCUT2D eigenvalue weighted by Gasteiger charge is 2.41. The van der Waals surface area contributed by atoms with Gasteiger partial charge in [-0.25, -0.2) is 8.42 Å². The minimum absolute atomic E-state index is 0.244. The maximum Gasteiger partial charge on any atom is 0.153 e. The summed E-state index contributed by atoms with van der Waals surface area (Å²) in [6.45, 7) is 5.89. The first-order valence-electron chi connectivity index (χ1n) is 7.46. The third kappa shape index (κ3) is 2.91. The van der Waals surface area contributed by atoms with Gasteiger partial charge in [0.05, 0.1) is 11.5 Å². The van der Waals surface area contributed by atoms with Crippen molar-refractivity contribution in [2.24, 2.45) is 5.92 Å². The minimum Gasteiger partial charge on any atom is -0.294 e. The van der Waals surface area contributed by atoms with E-state index in [1.807, 2.05) is 0 Å². The Morgan fingerprint density at radius 3 is 2.70 bits per heavy atom. The van der Waals surface area contributed by atoms with Crippen LogP contribution < -0.4 is 0 Å². The van der Waals surface area contributed by atoms with Crippen LogP contribution >= 0.6 is 0 Å². The molecule has 20 heavy (non-hydrogen) atoms. The summed E-state index contributed by atoms with van der Waals surface area (Å²) in [5.41, 5.74) is 4.00. The van der Waals surface area contributed by atoms with Crippen LogP contribution in [0.15, 0.2) is 18.2 Å². The molecule has 1 aromatic rings. The molecule has 0 amide bonds. The number of sulfone groups is 1. The molecule has 110 valence electrons. The highest BCUT2D eigenvalue weighted by atomic mass is 32.2. The van der Waals surface area contributed by atoms with Gasteiger partial charge in [-0.3, -0.25) is 4.90 Å². The van der Waals surface area contributed by atoms with Crippen molar-refractivity contribution in [3.8, 4) is 0 Å². The number of hydrogen-bond donors (Lipinski definition) is 0. The van der Waals surface area contributed by atoms with Gasteiger partial charge in [-0.15, -0.1) is 0 Å². The number of benzene rings is 1. The first-order valence-corrected chi connectivity index (χ1v) is 9.28. The Morgan fingerprint density at radius 2 is 2.00 bits per heavy atom. The summed E-state index contributed by atoms with van der Waals surface area (Å²) in [6, 6.07) is 6.66. The lowest BCUT2D eigenvalue weighted by molar-refractivity contribution is 0.184. The van der Waals surface area contributed by atoms with Crippen LogP contribution in [0.1, 0.15) is 29.5 Å². The predicted octanol–water partition coefficient (Wildman–Crippen LogP) is 2.31. The van der Waals surface area contributed by atoms with Gasteiger partial charge in [-0.2, -0.15) is 0 Å². The van der Waals surface area contributed by atoms with Crippen molar-refractivity contribution in [3.05, 3.63) is 34.9 Å². The normalized spacial score (nSPS) is 26.6. The minimum atomic E-state index is -2.82. The fraction of sp³-hybridized carbons (Fsp3) is 0.625. The summed E-state index contributed by atoms with van der Waals surface area (Å²) in [4.78, 5) is 2.40. The summed E-state index contributed by atoms with van der Waals surface area (Å²) in [5.74, 6) is 1.29. The molecule has 1 aromatic carbocycles. The van der Waals surface area contributed by atoms with E-state index in [0.717, 1.165) is 6.54 Å². The van der Waals surface area contributed by atoms with Gasteiger partial charge in [0, 0.05) is 19.1 Å². The molecule has 4 heteroatoms. The van der Waals surface area contributed by atoms with E-state index in [-0.39, 0.29) is 6.04 Å². The zero-order valence-electron chi connectivity index (χ0n) is 12.3. The Hall–Kier alpha value is -0.870. The van der Waals surface area contributed by atoms with Gasteiger partial charge < -0.3 is 0 Å². The summed E-state index contributed by atoms with van der Waals surface area (Å²) in [6.07, 6.45) is 2.40. The lowest BCUT2D eigenvalue weighted by atomic mass is 10.0. The van der Waals surface area contributed by atoms with Crippen LogP contribution in [0.4, 0.5) is 0 Å². The summed E-state index contributed by atoms with van der Waals surface area (Å²) in [5, 5.41) is 0. The van der Waals surface area contributed by atoms with E-state index < -0.39 is 9.84 Å². The van der Waals surface area contributed by atoms with Gasteiger partial charge in [0.1, 0.15) is 0 Å². The van der Waals surface area contributed by atoms with E-state index in [1.165, 1.54) is 29.5 Å². The van der Waals surface area contributed by atoms with Crippen molar-refractivity contribution in [2.75, 3.05) is 18.1 Å². The second-order valence-corrected chi connectivity index (χ2v) is 8.58. The molecule has 0 bridgehead atoms. The molecule has 1 heterocycles. The number of rotatable bonds is 3. The third-order valence-electron chi connectivity index (χ3n) is 4.84. The number of aryl methyl sites for hydroxylation is 1.